The minimum absolute atomic E-state index is 0.567. The number of nitrogens with zero attached hydrogens (tertiary/aromatic N) is 2. The summed E-state index contributed by atoms with van der Waals surface area (Å²) in [4.78, 5) is 4.41. The van der Waals surface area contributed by atoms with E-state index in [0.29, 0.717) is 11.3 Å². The number of aromatic nitrogens is 1. The molecule has 0 radical (unpaired) electrons. The lowest BCUT2D eigenvalue weighted by Crippen LogP contribution is -1.94. The van der Waals surface area contributed by atoms with Gasteiger partial charge in [0.2, 0.25) is 0 Å². The fraction of sp³-hybridized carbons (Fsp3) is 0. The molecule has 3 rings (SSSR count). The first-order chi connectivity index (χ1) is 9.29. The van der Waals surface area contributed by atoms with Crippen LogP contribution in [0.4, 0.5) is 5.69 Å². The second kappa shape index (κ2) is 4.43. The van der Waals surface area contributed by atoms with Crippen LogP contribution in [-0.4, -0.2) is 4.98 Å². The van der Waals surface area contributed by atoms with E-state index >= 15 is 0 Å². The average Bonchev–Trinajstić information content (AvgIpc) is 2.46. The molecule has 0 amide bonds. The molecular weight excluding hydrogens is 234 g/mol. The van der Waals surface area contributed by atoms with Gasteiger partial charge in [-0.3, -0.25) is 4.98 Å². The van der Waals surface area contributed by atoms with Crippen LogP contribution in [0, 0.1) is 11.3 Å². The Hall–Kier alpha value is -2.86. The van der Waals surface area contributed by atoms with E-state index in [1.54, 1.807) is 24.4 Å². The van der Waals surface area contributed by atoms with Crippen LogP contribution in [0.1, 0.15) is 5.56 Å². The van der Waals surface area contributed by atoms with E-state index in [1.807, 2.05) is 30.3 Å². The molecule has 0 saturated carbocycles. The number of hydrogen-bond donors (Lipinski definition) is 1. The third-order valence-corrected chi connectivity index (χ3v) is 3.10. The first-order valence-electron chi connectivity index (χ1n) is 5.93. The Morgan fingerprint density at radius 1 is 1.05 bits per heavy atom. The van der Waals surface area contributed by atoms with E-state index in [4.69, 9.17) is 5.73 Å². The molecule has 0 atom stereocenters. The van der Waals surface area contributed by atoms with E-state index in [2.05, 4.69) is 11.1 Å². The van der Waals surface area contributed by atoms with Crippen molar-refractivity contribution in [2.24, 2.45) is 0 Å². The molecular formula is C16H11N3. The maximum atomic E-state index is 9.19. The van der Waals surface area contributed by atoms with E-state index < -0.39 is 0 Å². The summed E-state index contributed by atoms with van der Waals surface area (Å²) in [6.45, 7) is 0. The molecule has 3 nitrogen and oxygen atoms in total. The van der Waals surface area contributed by atoms with E-state index in [0.717, 1.165) is 22.0 Å². The molecule has 2 N–H and O–H groups in total. The number of benzene rings is 2. The highest BCUT2D eigenvalue weighted by atomic mass is 14.7. The summed E-state index contributed by atoms with van der Waals surface area (Å²) < 4.78 is 0. The van der Waals surface area contributed by atoms with Crippen molar-refractivity contribution in [1.82, 2.24) is 4.98 Å². The lowest BCUT2D eigenvalue weighted by molar-refractivity contribution is 1.40. The van der Waals surface area contributed by atoms with Gasteiger partial charge >= 0.3 is 0 Å². The van der Waals surface area contributed by atoms with Crippen LogP contribution in [0.3, 0.4) is 0 Å². The van der Waals surface area contributed by atoms with Gasteiger partial charge in [-0.2, -0.15) is 5.26 Å². The Morgan fingerprint density at radius 3 is 2.74 bits per heavy atom. The topological polar surface area (TPSA) is 62.7 Å². The van der Waals surface area contributed by atoms with E-state index in [-0.39, 0.29) is 0 Å². The highest BCUT2D eigenvalue weighted by Crippen LogP contribution is 2.30. The Morgan fingerprint density at radius 2 is 1.89 bits per heavy atom. The minimum Gasteiger partial charge on any atom is -0.398 e. The number of nitrogen functional groups attached to an aromatic ring is 1. The smallest absolute Gasteiger partial charge is 0.0998 e. The monoisotopic (exact) mass is 245 g/mol. The van der Waals surface area contributed by atoms with Crippen molar-refractivity contribution < 1.29 is 0 Å². The Labute approximate surface area is 110 Å². The Kier molecular flexibility index (Phi) is 2.62. The molecule has 1 heterocycles. The molecule has 0 aliphatic rings. The number of para-hydroxylation sites is 1. The molecule has 90 valence electrons. The predicted octanol–water partition coefficient (Wildman–Crippen LogP) is 3.36. The summed E-state index contributed by atoms with van der Waals surface area (Å²) in [5, 5.41) is 10.2. The van der Waals surface area contributed by atoms with Gasteiger partial charge < -0.3 is 5.73 Å². The van der Waals surface area contributed by atoms with Gasteiger partial charge in [0.15, 0.2) is 0 Å². The maximum absolute atomic E-state index is 9.19. The van der Waals surface area contributed by atoms with Crippen molar-refractivity contribution in [3.63, 3.8) is 0 Å². The third-order valence-electron chi connectivity index (χ3n) is 3.10. The third kappa shape index (κ3) is 1.90. The van der Waals surface area contributed by atoms with Gasteiger partial charge in [0.1, 0.15) is 0 Å². The maximum Gasteiger partial charge on any atom is 0.0998 e. The highest BCUT2D eigenvalue weighted by molar-refractivity contribution is 5.88. The lowest BCUT2D eigenvalue weighted by atomic mass is 9.99. The van der Waals surface area contributed by atoms with Crippen molar-refractivity contribution in [1.29, 1.82) is 5.26 Å². The Balaban J connectivity index is 2.28. The highest BCUT2D eigenvalue weighted by Gasteiger charge is 2.09. The molecule has 3 heteroatoms. The summed E-state index contributed by atoms with van der Waals surface area (Å²) in [7, 11) is 0. The van der Waals surface area contributed by atoms with Crippen LogP contribution in [0.5, 0.6) is 0 Å². The molecule has 1 aromatic heterocycles. The molecule has 3 aromatic rings. The van der Waals surface area contributed by atoms with Crippen LogP contribution >= 0.6 is 0 Å². The number of pyridine rings is 1. The first kappa shape index (κ1) is 11.2. The molecule has 19 heavy (non-hydrogen) atoms. The van der Waals surface area contributed by atoms with Crippen LogP contribution < -0.4 is 5.73 Å². The van der Waals surface area contributed by atoms with Gasteiger partial charge in [-0.1, -0.05) is 24.3 Å². The molecule has 0 aliphatic heterocycles. The number of rotatable bonds is 1. The average molecular weight is 245 g/mol. The van der Waals surface area contributed by atoms with Crippen LogP contribution in [0.25, 0.3) is 22.0 Å². The number of nitriles is 1. The summed E-state index contributed by atoms with van der Waals surface area (Å²) in [5.74, 6) is 0. The van der Waals surface area contributed by atoms with Crippen LogP contribution in [0.2, 0.25) is 0 Å². The first-order valence-corrected chi connectivity index (χ1v) is 5.93. The normalized spacial score (nSPS) is 10.3. The SMILES string of the molecule is N#Cc1cccc(N)c1-c1cnc2ccccc2c1. The molecule has 0 bridgehead atoms. The van der Waals surface area contributed by atoms with Crippen molar-refractivity contribution in [2.75, 3.05) is 5.73 Å². The number of anilines is 1. The fourth-order valence-electron chi connectivity index (χ4n) is 2.19. The minimum atomic E-state index is 0.567. The molecule has 0 fully saturated rings. The Bertz CT molecular complexity index is 800. The molecule has 2 aromatic carbocycles. The molecule has 0 aliphatic carbocycles. The number of fused-ring (bicyclic) bond motifs is 1. The summed E-state index contributed by atoms with van der Waals surface area (Å²) in [6, 6.07) is 17.4. The lowest BCUT2D eigenvalue weighted by Gasteiger charge is -2.08. The zero-order valence-electron chi connectivity index (χ0n) is 10.2. The summed E-state index contributed by atoms with van der Waals surface area (Å²) >= 11 is 0. The van der Waals surface area contributed by atoms with Gasteiger partial charge in [0.25, 0.3) is 0 Å². The molecule has 0 spiro atoms. The van der Waals surface area contributed by atoms with Gasteiger partial charge in [0, 0.05) is 28.4 Å². The van der Waals surface area contributed by atoms with Gasteiger partial charge in [-0.05, 0) is 24.3 Å². The quantitative estimate of drug-likeness (QED) is 0.669. The summed E-state index contributed by atoms with van der Waals surface area (Å²) in [6.07, 6.45) is 1.76. The van der Waals surface area contributed by atoms with Crippen LogP contribution in [-0.2, 0) is 0 Å². The van der Waals surface area contributed by atoms with E-state index in [1.165, 1.54) is 0 Å². The largest absolute Gasteiger partial charge is 0.398 e. The zero-order chi connectivity index (χ0) is 13.2. The zero-order valence-corrected chi connectivity index (χ0v) is 10.2. The fourth-order valence-corrected chi connectivity index (χ4v) is 2.19. The molecule has 0 saturated heterocycles. The van der Waals surface area contributed by atoms with Crippen molar-refractivity contribution in [3.8, 4) is 17.2 Å². The van der Waals surface area contributed by atoms with Crippen LogP contribution in [0.15, 0.2) is 54.7 Å². The van der Waals surface area contributed by atoms with Gasteiger partial charge in [0.05, 0.1) is 17.1 Å². The molecule has 0 unspecified atom stereocenters. The van der Waals surface area contributed by atoms with Gasteiger partial charge in [-0.15, -0.1) is 0 Å². The van der Waals surface area contributed by atoms with E-state index in [9.17, 15) is 5.26 Å². The summed E-state index contributed by atoms with van der Waals surface area (Å²) in [5.41, 5.74) is 9.71. The second-order valence-electron chi connectivity index (χ2n) is 4.30. The predicted molar refractivity (Wildman–Crippen MR) is 76.3 cm³/mol. The number of nitrogens with two attached hydrogens (primary N) is 1. The van der Waals surface area contributed by atoms with Crippen molar-refractivity contribution in [3.05, 3.63) is 60.3 Å². The van der Waals surface area contributed by atoms with Gasteiger partial charge in [-0.25, -0.2) is 0 Å². The van der Waals surface area contributed by atoms with Crippen molar-refractivity contribution >= 4 is 16.6 Å². The standard InChI is InChI=1S/C16H11N3/c17-9-12-5-3-6-14(18)16(12)13-8-11-4-1-2-7-15(11)19-10-13/h1-8,10H,18H2. The van der Waals surface area contributed by atoms with Crippen molar-refractivity contribution in [2.45, 2.75) is 0 Å². The number of hydrogen-bond acceptors (Lipinski definition) is 3. The second-order valence-corrected chi connectivity index (χ2v) is 4.30.